The Morgan fingerprint density at radius 1 is 1.23 bits per heavy atom. The molecule has 0 saturated carbocycles. The van der Waals surface area contributed by atoms with Crippen molar-refractivity contribution >= 4 is 12.0 Å². The minimum absolute atomic E-state index is 0.0185. The second-order valence-electron chi connectivity index (χ2n) is 2.80. The van der Waals surface area contributed by atoms with Crippen LogP contribution in [0.25, 0.3) is 0 Å². The maximum Gasteiger partial charge on any atom is 0.155 e. The second-order valence-corrected chi connectivity index (χ2v) is 2.80. The lowest BCUT2D eigenvalue weighted by Crippen LogP contribution is -2.14. The average Bonchev–Trinajstić information content (AvgIpc) is 2.07. The van der Waals surface area contributed by atoms with E-state index in [1.165, 1.54) is 4.90 Å². The van der Waals surface area contributed by atoms with Gasteiger partial charge in [-0.05, 0) is 12.1 Å². The number of carbonyl (C=O) groups is 1. The number of rotatable bonds is 2. The number of aldehydes is 1. The van der Waals surface area contributed by atoms with E-state index in [0.717, 1.165) is 12.1 Å². The summed E-state index contributed by atoms with van der Waals surface area (Å²) in [6, 6.07) is 1.93. The normalized spacial score (nSPS) is 9.85. The Morgan fingerprint density at radius 2 is 1.77 bits per heavy atom. The number of benzene rings is 1. The Bertz CT molecular complexity index is 337. The summed E-state index contributed by atoms with van der Waals surface area (Å²) >= 11 is 0. The van der Waals surface area contributed by atoms with Crippen LogP contribution in [0.1, 0.15) is 10.4 Å². The van der Waals surface area contributed by atoms with Crippen molar-refractivity contribution in [2.24, 2.45) is 0 Å². The van der Waals surface area contributed by atoms with E-state index < -0.39 is 11.6 Å². The molecule has 0 bridgehead atoms. The maximum atomic E-state index is 13.1. The van der Waals surface area contributed by atoms with Gasteiger partial charge in [0.1, 0.15) is 11.6 Å². The summed E-state index contributed by atoms with van der Waals surface area (Å²) in [5.41, 5.74) is -0.264. The number of carbonyl (C=O) groups excluding carboxylic acids is 1. The third kappa shape index (κ3) is 1.66. The first kappa shape index (κ1) is 9.64. The molecule has 0 aliphatic rings. The summed E-state index contributed by atoms with van der Waals surface area (Å²) < 4.78 is 26.1. The van der Waals surface area contributed by atoms with Crippen molar-refractivity contribution in [3.63, 3.8) is 0 Å². The molecule has 1 rings (SSSR count). The smallest absolute Gasteiger partial charge is 0.155 e. The molecule has 0 aliphatic carbocycles. The van der Waals surface area contributed by atoms with Crippen LogP contribution in [0.4, 0.5) is 14.5 Å². The van der Waals surface area contributed by atoms with Crippen molar-refractivity contribution in [3.8, 4) is 0 Å². The lowest BCUT2D eigenvalue weighted by atomic mass is 10.1. The molecule has 0 saturated heterocycles. The first-order valence-electron chi connectivity index (χ1n) is 3.68. The molecule has 70 valence electrons. The summed E-state index contributed by atoms with van der Waals surface area (Å²) in [4.78, 5) is 11.8. The maximum absolute atomic E-state index is 13.1. The first-order chi connectivity index (χ1) is 6.07. The highest BCUT2D eigenvalue weighted by Crippen LogP contribution is 2.23. The lowest BCUT2D eigenvalue weighted by Gasteiger charge is -2.15. The molecule has 0 spiro atoms. The van der Waals surface area contributed by atoms with Crippen molar-refractivity contribution in [2.45, 2.75) is 0 Å². The molecule has 0 aromatic heterocycles. The predicted octanol–water partition coefficient (Wildman–Crippen LogP) is 1.84. The van der Waals surface area contributed by atoms with Crippen molar-refractivity contribution in [1.82, 2.24) is 0 Å². The summed E-state index contributed by atoms with van der Waals surface area (Å²) in [7, 11) is 3.09. The third-order valence-corrected chi connectivity index (χ3v) is 1.68. The van der Waals surface area contributed by atoms with E-state index >= 15 is 0 Å². The van der Waals surface area contributed by atoms with Gasteiger partial charge in [0.15, 0.2) is 6.29 Å². The molecule has 0 radical (unpaired) electrons. The van der Waals surface area contributed by atoms with E-state index in [1.807, 2.05) is 0 Å². The van der Waals surface area contributed by atoms with Crippen LogP contribution in [0.5, 0.6) is 0 Å². The summed E-state index contributed by atoms with van der Waals surface area (Å²) in [5.74, 6) is -1.31. The van der Waals surface area contributed by atoms with E-state index in [2.05, 4.69) is 0 Å². The molecule has 1 aromatic carbocycles. The fourth-order valence-corrected chi connectivity index (χ4v) is 1.12. The second kappa shape index (κ2) is 3.51. The molecular weight excluding hydrogens is 176 g/mol. The first-order valence-corrected chi connectivity index (χ1v) is 3.68. The van der Waals surface area contributed by atoms with E-state index in [4.69, 9.17) is 0 Å². The summed E-state index contributed by atoms with van der Waals surface area (Å²) in [6.45, 7) is 0. The highest BCUT2D eigenvalue weighted by atomic mass is 19.1. The Kier molecular flexibility index (Phi) is 2.60. The predicted molar refractivity (Wildman–Crippen MR) is 46.1 cm³/mol. The Labute approximate surface area is 74.8 Å². The largest absolute Gasteiger partial charge is 0.375 e. The van der Waals surface area contributed by atoms with Gasteiger partial charge in [0, 0.05) is 14.1 Å². The van der Waals surface area contributed by atoms with Gasteiger partial charge in [-0.15, -0.1) is 0 Å². The molecule has 0 N–H and O–H groups in total. The Hall–Kier alpha value is -1.45. The van der Waals surface area contributed by atoms with Crippen LogP contribution in [0.2, 0.25) is 0 Å². The van der Waals surface area contributed by atoms with Crippen molar-refractivity contribution in [2.75, 3.05) is 19.0 Å². The minimum atomic E-state index is -0.708. The Morgan fingerprint density at radius 3 is 2.15 bits per heavy atom. The molecule has 4 heteroatoms. The minimum Gasteiger partial charge on any atom is -0.375 e. The van der Waals surface area contributed by atoms with Crippen molar-refractivity contribution in [1.29, 1.82) is 0 Å². The highest BCUT2D eigenvalue weighted by molar-refractivity contribution is 5.85. The molecule has 0 amide bonds. The molecule has 1 aromatic rings. The lowest BCUT2D eigenvalue weighted by molar-refractivity contribution is 0.112. The summed E-state index contributed by atoms with van der Waals surface area (Å²) in [5, 5.41) is 0. The number of halogens is 2. The van der Waals surface area contributed by atoms with E-state index in [9.17, 15) is 13.6 Å². The molecule has 0 unspecified atom stereocenters. The number of hydrogen-bond donors (Lipinski definition) is 0. The van der Waals surface area contributed by atoms with Gasteiger partial charge in [-0.3, -0.25) is 4.79 Å². The number of anilines is 1. The van der Waals surface area contributed by atoms with Gasteiger partial charge in [-0.2, -0.15) is 0 Å². The average molecular weight is 185 g/mol. The number of hydrogen-bond acceptors (Lipinski definition) is 2. The van der Waals surface area contributed by atoms with Gasteiger partial charge in [0.2, 0.25) is 0 Å². The van der Waals surface area contributed by atoms with Crippen molar-refractivity contribution in [3.05, 3.63) is 29.3 Å². The fourth-order valence-electron chi connectivity index (χ4n) is 1.12. The van der Waals surface area contributed by atoms with Gasteiger partial charge in [0.05, 0.1) is 11.3 Å². The molecule has 13 heavy (non-hydrogen) atoms. The van der Waals surface area contributed by atoms with E-state index in [0.29, 0.717) is 6.29 Å². The standard InChI is InChI=1S/C9H9F2NO/c1-12(2)9-6(5-13)7(10)3-4-8(9)11/h3-5H,1-2H3. The van der Waals surface area contributed by atoms with Gasteiger partial charge < -0.3 is 4.90 Å². The molecule has 0 fully saturated rings. The van der Waals surface area contributed by atoms with Crippen LogP contribution in [-0.4, -0.2) is 20.4 Å². The van der Waals surface area contributed by atoms with Crippen LogP contribution in [0, 0.1) is 11.6 Å². The SMILES string of the molecule is CN(C)c1c(F)ccc(F)c1C=O. The van der Waals surface area contributed by atoms with E-state index in [1.54, 1.807) is 14.1 Å². The molecule has 0 atom stereocenters. The van der Waals surface area contributed by atoms with Gasteiger partial charge in [-0.1, -0.05) is 0 Å². The summed E-state index contributed by atoms with van der Waals surface area (Å²) in [6.07, 6.45) is 0.313. The zero-order valence-electron chi connectivity index (χ0n) is 7.34. The zero-order chi connectivity index (χ0) is 10.0. The fraction of sp³-hybridized carbons (Fsp3) is 0.222. The van der Waals surface area contributed by atoms with Gasteiger partial charge in [0.25, 0.3) is 0 Å². The molecule has 2 nitrogen and oxygen atoms in total. The zero-order valence-corrected chi connectivity index (χ0v) is 7.34. The van der Waals surface area contributed by atoms with Crippen molar-refractivity contribution < 1.29 is 13.6 Å². The van der Waals surface area contributed by atoms with Crippen LogP contribution in [0.3, 0.4) is 0 Å². The van der Waals surface area contributed by atoms with Crippen LogP contribution in [-0.2, 0) is 0 Å². The van der Waals surface area contributed by atoms with Crippen LogP contribution >= 0.6 is 0 Å². The highest BCUT2D eigenvalue weighted by Gasteiger charge is 2.14. The van der Waals surface area contributed by atoms with Gasteiger partial charge >= 0.3 is 0 Å². The van der Waals surface area contributed by atoms with Crippen LogP contribution < -0.4 is 4.90 Å². The Balaban J connectivity index is 3.43. The molecule has 0 heterocycles. The monoisotopic (exact) mass is 185 g/mol. The number of nitrogens with zero attached hydrogens (tertiary/aromatic N) is 1. The topological polar surface area (TPSA) is 20.3 Å². The quantitative estimate of drug-likeness (QED) is 0.655. The van der Waals surface area contributed by atoms with E-state index in [-0.39, 0.29) is 11.3 Å². The van der Waals surface area contributed by atoms with Crippen LogP contribution in [0.15, 0.2) is 12.1 Å². The molecular formula is C9H9F2NO. The van der Waals surface area contributed by atoms with Gasteiger partial charge in [-0.25, -0.2) is 8.78 Å². The third-order valence-electron chi connectivity index (χ3n) is 1.68. The molecule has 0 aliphatic heterocycles.